The molecule has 7 heteroatoms. The van der Waals surface area contributed by atoms with Crippen molar-refractivity contribution in [3.63, 3.8) is 0 Å². The molecular weight excluding hydrogens is 466 g/mol. The van der Waals surface area contributed by atoms with Crippen LogP contribution in [0.4, 0.5) is 5.69 Å². The van der Waals surface area contributed by atoms with Gasteiger partial charge >= 0.3 is 0 Å². The van der Waals surface area contributed by atoms with Crippen molar-refractivity contribution < 1.29 is 19.0 Å². The third-order valence-electron chi connectivity index (χ3n) is 5.21. The summed E-state index contributed by atoms with van der Waals surface area (Å²) in [5.41, 5.74) is 2.61. The van der Waals surface area contributed by atoms with Gasteiger partial charge in [0.15, 0.2) is 15.8 Å². The molecule has 0 unspecified atom stereocenters. The largest absolute Gasteiger partial charge is 0.493 e. The first kappa shape index (κ1) is 23.9. The summed E-state index contributed by atoms with van der Waals surface area (Å²) >= 11 is 6.76. The fourth-order valence-electron chi connectivity index (χ4n) is 3.50. The van der Waals surface area contributed by atoms with Crippen molar-refractivity contribution in [3.05, 3.63) is 88.8 Å². The van der Waals surface area contributed by atoms with Gasteiger partial charge in [-0.25, -0.2) is 0 Å². The molecular formula is C27H25NO4S2. The molecule has 0 N–H and O–H groups in total. The van der Waals surface area contributed by atoms with Crippen LogP contribution in [0.15, 0.2) is 77.7 Å². The standard InChI is InChI=1S/C27H25NO4S2/c1-19-10-6-7-14-22(19)31-16-9-17-32-25-20(11-8-15-23(25)30-2)18-24-26(29)28(27(33)34-24)21-12-4-3-5-13-21/h3-8,10-15,18H,9,16-17H2,1-2H3/b24-18-. The van der Waals surface area contributed by atoms with Gasteiger partial charge in [-0.1, -0.05) is 72.5 Å². The molecule has 1 saturated heterocycles. The van der Waals surface area contributed by atoms with E-state index in [9.17, 15) is 4.79 Å². The highest BCUT2D eigenvalue weighted by molar-refractivity contribution is 8.27. The smallest absolute Gasteiger partial charge is 0.270 e. The van der Waals surface area contributed by atoms with E-state index >= 15 is 0 Å². The third kappa shape index (κ3) is 5.43. The second-order valence-corrected chi connectivity index (χ2v) is 9.22. The Morgan fingerprint density at radius 3 is 2.38 bits per heavy atom. The Morgan fingerprint density at radius 2 is 1.62 bits per heavy atom. The summed E-state index contributed by atoms with van der Waals surface area (Å²) in [4.78, 5) is 15.2. The number of thioether (sulfide) groups is 1. The summed E-state index contributed by atoms with van der Waals surface area (Å²) < 4.78 is 18.0. The minimum Gasteiger partial charge on any atom is -0.493 e. The van der Waals surface area contributed by atoms with Gasteiger partial charge in [-0.3, -0.25) is 9.69 Å². The molecule has 0 saturated carbocycles. The highest BCUT2D eigenvalue weighted by Gasteiger charge is 2.33. The van der Waals surface area contributed by atoms with E-state index in [-0.39, 0.29) is 5.91 Å². The number of thiocarbonyl (C=S) groups is 1. The molecule has 1 fully saturated rings. The molecule has 5 nitrogen and oxygen atoms in total. The fraction of sp³-hybridized carbons (Fsp3) is 0.185. The van der Waals surface area contributed by atoms with Crippen LogP contribution in [0, 0.1) is 6.92 Å². The van der Waals surface area contributed by atoms with Crippen LogP contribution in [0.1, 0.15) is 17.5 Å². The van der Waals surface area contributed by atoms with Crippen LogP contribution in [0.3, 0.4) is 0 Å². The van der Waals surface area contributed by atoms with Crippen molar-refractivity contribution in [1.82, 2.24) is 0 Å². The number of benzene rings is 3. The van der Waals surface area contributed by atoms with E-state index in [1.807, 2.05) is 85.8 Å². The minimum atomic E-state index is -0.151. The maximum atomic E-state index is 13.1. The number of hydrogen-bond donors (Lipinski definition) is 0. The average Bonchev–Trinajstić information content (AvgIpc) is 3.13. The second kappa shape index (κ2) is 11.2. The first-order chi connectivity index (χ1) is 16.6. The van der Waals surface area contributed by atoms with E-state index in [1.54, 1.807) is 12.0 Å². The van der Waals surface area contributed by atoms with Gasteiger partial charge in [0, 0.05) is 12.0 Å². The summed E-state index contributed by atoms with van der Waals surface area (Å²) in [5, 5.41) is 0. The topological polar surface area (TPSA) is 48.0 Å². The van der Waals surface area contributed by atoms with Gasteiger partial charge in [-0.2, -0.15) is 0 Å². The normalized spacial score (nSPS) is 14.5. The molecule has 0 spiro atoms. The Balaban J connectivity index is 1.46. The van der Waals surface area contributed by atoms with Gasteiger partial charge < -0.3 is 14.2 Å². The quantitative estimate of drug-likeness (QED) is 0.200. The molecule has 0 bridgehead atoms. The van der Waals surface area contributed by atoms with Gasteiger partial charge in [-0.05, 0) is 42.8 Å². The third-order valence-corrected chi connectivity index (χ3v) is 6.51. The van der Waals surface area contributed by atoms with Crippen molar-refractivity contribution >= 4 is 46.0 Å². The first-order valence-electron chi connectivity index (χ1n) is 10.9. The molecule has 1 aliphatic heterocycles. The number of amides is 1. The van der Waals surface area contributed by atoms with E-state index in [0.717, 1.165) is 22.6 Å². The molecule has 0 aromatic heterocycles. The maximum Gasteiger partial charge on any atom is 0.270 e. The van der Waals surface area contributed by atoms with E-state index in [1.165, 1.54) is 11.8 Å². The van der Waals surface area contributed by atoms with Crippen LogP contribution in [0.5, 0.6) is 17.2 Å². The molecule has 0 atom stereocenters. The van der Waals surface area contributed by atoms with E-state index < -0.39 is 0 Å². The second-order valence-electron chi connectivity index (χ2n) is 7.55. The monoisotopic (exact) mass is 491 g/mol. The van der Waals surface area contributed by atoms with Crippen LogP contribution in [-0.4, -0.2) is 30.6 Å². The van der Waals surface area contributed by atoms with E-state index in [4.69, 9.17) is 26.4 Å². The van der Waals surface area contributed by atoms with Gasteiger partial charge in [0.05, 0.1) is 30.9 Å². The lowest BCUT2D eigenvalue weighted by molar-refractivity contribution is -0.113. The van der Waals surface area contributed by atoms with Gasteiger partial charge in [0.2, 0.25) is 0 Å². The van der Waals surface area contributed by atoms with Crippen molar-refractivity contribution in [2.75, 3.05) is 25.2 Å². The Bertz CT molecular complexity index is 1210. The molecule has 4 rings (SSSR count). The Labute approximate surface area is 209 Å². The molecule has 3 aromatic rings. The van der Waals surface area contributed by atoms with Crippen LogP contribution in [0.2, 0.25) is 0 Å². The Kier molecular flexibility index (Phi) is 7.87. The molecule has 34 heavy (non-hydrogen) atoms. The highest BCUT2D eigenvalue weighted by Crippen LogP contribution is 2.39. The number of methoxy groups -OCH3 is 1. The lowest BCUT2D eigenvalue weighted by atomic mass is 10.1. The molecule has 0 aliphatic carbocycles. The number of rotatable bonds is 9. The molecule has 174 valence electrons. The van der Waals surface area contributed by atoms with Crippen molar-refractivity contribution in [2.45, 2.75) is 13.3 Å². The van der Waals surface area contributed by atoms with Crippen LogP contribution < -0.4 is 19.1 Å². The van der Waals surface area contributed by atoms with Gasteiger partial charge in [0.25, 0.3) is 5.91 Å². The lowest BCUT2D eigenvalue weighted by Crippen LogP contribution is -2.27. The minimum absolute atomic E-state index is 0.151. The highest BCUT2D eigenvalue weighted by atomic mass is 32.2. The van der Waals surface area contributed by atoms with Crippen LogP contribution >= 0.6 is 24.0 Å². The number of carbonyl (C=O) groups excluding carboxylic acids is 1. The summed E-state index contributed by atoms with van der Waals surface area (Å²) in [7, 11) is 1.60. The number of nitrogens with zero attached hydrogens (tertiary/aromatic N) is 1. The van der Waals surface area contributed by atoms with Gasteiger partial charge in [-0.15, -0.1) is 0 Å². The number of aryl methyl sites for hydroxylation is 1. The zero-order valence-corrected chi connectivity index (χ0v) is 20.7. The molecule has 0 radical (unpaired) electrons. The number of ether oxygens (including phenoxy) is 3. The Hall–Kier alpha value is -3.29. The molecule has 1 heterocycles. The summed E-state index contributed by atoms with van der Waals surface area (Å²) in [6.45, 7) is 3.00. The lowest BCUT2D eigenvalue weighted by Gasteiger charge is -2.15. The SMILES string of the molecule is COc1cccc(/C=C2\SC(=S)N(c3ccccc3)C2=O)c1OCCCOc1ccccc1C. The van der Waals surface area contributed by atoms with Crippen molar-refractivity contribution in [2.24, 2.45) is 0 Å². The number of hydrogen-bond acceptors (Lipinski definition) is 6. The maximum absolute atomic E-state index is 13.1. The first-order valence-corrected chi connectivity index (χ1v) is 12.1. The fourth-order valence-corrected chi connectivity index (χ4v) is 4.79. The number of para-hydroxylation sites is 3. The van der Waals surface area contributed by atoms with Crippen molar-refractivity contribution in [3.8, 4) is 17.2 Å². The summed E-state index contributed by atoms with van der Waals surface area (Å²) in [6, 6.07) is 22.9. The number of anilines is 1. The number of carbonyl (C=O) groups is 1. The van der Waals surface area contributed by atoms with E-state index in [2.05, 4.69) is 0 Å². The summed E-state index contributed by atoms with van der Waals surface area (Å²) in [5.74, 6) is 1.92. The Morgan fingerprint density at radius 1 is 0.912 bits per heavy atom. The predicted molar refractivity (Wildman–Crippen MR) is 142 cm³/mol. The average molecular weight is 492 g/mol. The zero-order valence-electron chi connectivity index (χ0n) is 19.0. The molecule has 1 amide bonds. The van der Waals surface area contributed by atoms with Crippen LogP contribution in [-0.2, 0) is 4.79 Å². The predicted octanol–water partition coefficient (Wildman–Crippen LogP) is 6.26. The molecule has 1 aliphatic rings. The summed E-state index contributed by atoms with van der Waals surface area (Å²) in [6.07, 6.45) is 2.51. The van der Waals surface area contributed by atoms with Gasteiger partial charge in [0.1, 0.15) is 5.75 Å². The van der Waals surface area contributed by atoms with Crippen molar-refractivity contribution in [1.29, 1.82) is 0 Å². The zero-order chi connectivity index (χ0) is 23.9. The molecule has 3 aromatic carbocycles. The van der Waals surface area contributed by atoms with Crippen LogP contribution in [0.25, 0.3) is 6.08 Å². The van der Waals surface area contributed by atoms with E-state index in [0.29, 0.717) is 40.4 Å².